The average Bonchev–Trinajstić information content (AvgIpc) is 3.04. The second-order valence-corrected chi connectivity index (χ2v) is 5.95. The molecule has 0 saturated carbocycles. The van der Waals surface area contributed by atoms with Crippen LogP contribution in [0.25, 0.3) is 0 Å². The molecule has 0 aromatic carbocycles. The number of aromatic nitrogens is 5. The summed E-state index contributed by atoms with van der Waals surface area (Å²) in [6.45, 7) is 2.68. The van der Waals surface area contributed by atoms with E-state index >= 15 is 0 Å². The van der Waals surface area contributed by atoms with Crippen molar-refractivity contribution >= 4 is 5.91 Å². The second-order valence-electron chi connectivity index (χ2n) is 5.95. The van der Waals surface area contributed by atoms with Crippen LogP contribution >= 0.6 is 0 Å². The van der Waals surface area contributed by atoms with Gasteiger partial charge < -0.3 is 4.90 Å². The lowest BCUT2D eigenvalue weighted by atomic mass is 10.3. The van der Waals surface area contributed by atoms with Crippen molar-refractivity contribution in [2.24, 2.45) is 7.05 Å². The highest BCUT2D eigenvalue weighted by Crippen LogP contribution is 2.11. The summed E-state index contributed by atoms with van der Waals surface area (Å²) < 4.78 is 4.75. The summed E-state index contributed by atoms with van der Waals surface area (Å²) >= 11 is 0. The normalized spacial score (nSPS) is 14.7. The second kappa shape index (κ2) is 5.99. The van der Waals surface area contributed by atoms with Crippen molar-refractivity contribution in [2.75, 3.05) is 20.6 Å². The molecule has 2 aromatic heterocycles. The highest BCUT2D eigenvalue weighted by atomic mass is 16.2. The molecule has 0 unspecified atom stereocenters. The van der Waals surface area contributed by atoms with Gasteiger partial charge in [-0.1, -0.05) is 0 Å². The van der Waals surface area contributed by atoms with Gasteiger partial charge in [-0.15, -0.1) is 0 Å². The van der Waals surface area contributed by atoms with Gasteiger partial charge in [0.2, 0.25) is 5.91 Å². The molecule has 9 nitrogen and oxygen atoms in total. The molecule has 2 aromatic rings. The number of aryl methyl sites for hydroxylation is 1. The van der Waals surface area contributed by atoms with E-state index in [-0.39, 0.29) is 18.1 Å². The third kappa shape index (κ3) is 3.04. The highest BCUT2D eigenvalue weighted by Gasteiger charge is 2.23. The van der Waals surface area contributed by atoms with Crippen molar-refractivity contribution in [1.29, 1.82) is 0 Å². The molecule has 124 valence electrons. The van der Waals surface area contributed by atoms with Gasteiger partial charge in [-0.2, -0.15) is 10.2 Å². The number of fused-ring (bicyclic) bond motifs is 1. The molecule has 1 aliphatic rings. The van der Waals surface area contributed by atoms with E-state index in [2.05, 4.69) is 15.1 Å². The molecule has 0 bridgehead atoms. The molecule has 0 N–H and O–H groups in total. The third-order valence-corrected chi connectivity index (χ3v) is 4.10. The summed E-state index contributed by atoms with van der Waals surface area (Å²) in [5.74, 6) is 0.560. The molecule has 3 rings (SSSR count). The molecular weight excluding hydrogens is 298 g/mol. The Morgan fingerprint density at radius 2 is 2.13 bits per heavy atom. The molecule has 0 atom stereocenters. The maximum Gasteiger partial charge on any atom is 0.346 e. The SMILES string of the molecule is CN(C)C(=O)Cn1nc2n(c1=O)CCN(Cc1ccnn1C)C2. The number of hydrogen-bond donors (Lipinski definition) is 0. The Kier molecular flexibility index (Phi) is 4.03. The number of rotatable bonds is 4. The van der Waals surface area contributed by atoms with Crippen LogP contribution in [0.4, 0.5) is 0 Å². The van der Waals surface area contributed by atoms with Gasteiger partial charge in [0, 0.05) is 47.0 Å². The Morgan fingerprint density at radius 3 is 2.78 bits per heavy atom. The standard InChI is InChI=1S/C14H21N7O2/c1-17(2)13(22)10-21-14(23)20-7-6-19(9-12(20)16-21)8-11-4-5-15-18(11)3/h4-5H,6-10H2,1-3H3. The van der Waals surface area contributed by atoms with Crippen molar-refractivity contribution < 1.29 is 4.79 Å². The zero-order valence-corrected chi connectivity index (χ0v) is 13.6. The minimum absolute atomic E-state index is 0.0203. The number of amides is 1. The van der Waals surface area contributed by atoms with Crippen LogP contribution in [0.2, 0.25) is 0 Å². The van der Waals surface area contributed by atoms with Crippen molar-refractivity contribution in [1.82, 2.24) is 33.9 Å². The van der Waals surface area contributed by atoms with E-state index in [0.717, 1.165) is 18.8 Å². The summed E-state index contributed by atoms with van der Waals surface area (Å²) in [6.07, 6.45) is 1.77. The Hall–Kier alpha value is -2.42. The quantitative estimate of drug-likeness (QED) is 0.713. The molecule has 0 spiro atoms. The minimum atomic E-state index is -0.213. The van der Waals surface area contributed by atoms with Crippen LogP contribution in [0.15, 0.2) is 17.1 Å². The molecule has 23 heavy (non-hydrogen) atoms. The van der Waals surface area contributed by atoms with Crippen LogP contribution in [0, 0.1) is 0 Å². The topological polar surface area (TPSA) is 81.2 Å². The number of carbonyl (C=O) groups is 1. The summed E-state index contributed by atoms with van der Waals surface area (Å²) in [5, 5.41) is 8.50. The van der Waals surface area contributed by atoms with E-state index in [0.29, 0.717) is 18.9 Å². The van der Waals surface area contributed by atoms with Crippen molar-refractivity contribution in [3.63, 3.8) is 0 Å². The highest BCUT2D eigenvalue weighted by molar-refractivity contribution is 5.75. The maximum atomic E-state index is 12.3. The van der Waals surface area contributed by atoms with Gasteiger partial charge in [0.25, 0.3) is 0 Å². The van der Waals surface area contributed by atoms with Crippen molar-refractivity contribution in [3.8, 4) is 0 Å². The Balaban J connectivity index is 1.75. The fraction of sp³-hybridized carbons (Fsp3) is 0.571. The lowest BCUT2D eigenvalue weighted by Gasteiger charge is -2.26. The smallest absolute Gasteiger partial charge is 0.346 e. The largest absolute Gasteiger partial charge is 0.347 e. The third-order valence-electron chi connectivity index (χ3n) is 4.10. The molecule has 3 heterocycles. The summed E-state index contributed by atoms with van der Waals surface area (Å²) in [6, 6.07) is 1.98. The van der Waals surface area contributed by atoms with Gasteiger partial charge in [-0.05, 0) is 6.07 Å². The van der Waals surface area contributed by atoms with Crippen molar-refractivity contribution in [3.05, 3.63) is 34.3 Å². The molecule has 1 amide bonds. The van der Waals surface area contributed by atoms with Crippen LogP contribution in [0.1, 0.15) is 11.5 Å². The number of likely N-dealkylation sites (N-methyl/N-ethyl adjacent to an activating group) is 1. The predicted molar refractivity (Wildman–Crippen MR) is 82.5 cm³/mol. The van der Waals surface area contributed by atoms with Gasteiger partial charge >= 0.3 is 5.69 Å². The first kappa shape index (κ1) is 15.5. The summed E-state index contributed by atoms with van der Waals surface area (Å²) in [4.78, 5) is 27.8. The van der Waals surface area contributed by atoms with Gasteiger partial charge in [-0.25, -0.2) is 9.48 Å². The first-order valence-corrected chi connectivity index (χ1v) is 7.51. The molecule has 0 saturated heterocycles. The molecular formula is C14H21N7O2. The Morgan fingerprint density at radius 1 is 1.35 bits per heavy atom. The first-order valence-electron chi connectivity index (χ1n) is 7.51. The number of nitrogens with zero attached hydrogens (tertiary/aromatic N) is 7. The van der Waals surface area contributed by atoms with Crippen LogP contribution in [0.3, 0.4) is 0 Å². The summed E-state index contributed by atoms with van der Waals surface area (Å²) in [7, 11) is 5.24. The van der Waals surface area contributed by atoms with E-state index < -0.39 is 0 Å². The number of carbonyl (C=O) groups excluding carboxylic acids is 1. The zero-order valence-electron chi connectivity index (χ0n) is 13.6. The van der Waals surface area contributed by atoms with E-state index in [1.165, 1.54) is 9.58 Å². The van der Waals surface area contributed by atoms with Gasteiger partial charge in [0.15, 0.2) is 0 Å². The van der Waals surface area contributed by atoms with Gasteiger partial charge in [0.1, 0.15) is 12.4 Å². The lowest BCUT2D eigenvalue weighted by molar-refractivity contribution is -0.129. The molecule has 0 radical (unpaired) electrons. The first-order chi connectivity index (χ1) is 11.0. The van der Waals surface area contributed by atoms with Gasteiger partial charge in [0.05, 0.1) is 12.2 Å². The lowest BCUT2D eigenvalue weighted by Crippen LogP contribution is -2.38. The van der Waals surface area contributed by atoms with Crippen LogP contribution in [-0.4, -0.2) is 60.5 Å². The van der Waals surface area contributed by atoms with Crippen LogP contribution in [-0.2, 0) is 38.0 Å². The van der Waals surface area contributed by atoms with E-state index in [9.17, 15) is 9.59 Å². The van der Waals surface area contributed by atoms with Crippen molar-refractivity contribution in [2.45, 2.75) is 26.2 Å². The number of hydrogen-bond acceptors (Lipinski definition) is 5. The molecule has 9 heteroatoms. The van der Waals surface area contributed by atoms with E-state index in [4.69, 9.17) is 0 Å². The minimum Gasteiger partial charge on any atom is -0.347 e. The Bertz CT molecular complexity index is 770. The van der Waals surface area contributed by atoms with E-state index in [1.807, 2.05) is 17.8 Å². The molecule has 1 aliphatic heterocycles. The van der Waals surface area contributed by atoms with Crippen LogP contribution < -0.4 is 5.69 Å². The predicted octanol–water partition coefficient (Wildman–Crippen LogP) is -1.12. The molecule has 0 aliphatic carbocycles. The van der Waals surface area contributed by atoms with E-state index in [1.54, 1.807) is 24.9 Å². The van der Waals surface area contributed by atoms with Gasteiger partial charge in [-0.3, -0.25) is 18.9 Å². The monoisotopic (exact) mass is 319 g/mol. The maximum absolute atomic E-state index is 12.3. The fourth-order valence-corrected chi connectivity index (χ4v) is 2.64. The average molecular weight is 319 g/mol. The Labute approximate surface area is 133 Å². The summed E-state index contributed by atoms with van der Waals surface area (Å²) in [5.41, 5.74) is 0.901. The molecule has 0 fully saturated rings. The van der Waals surface area contributed by atoms with Crippen LogP contribution in [0.5, 0.6) is 0 Å². The fourth-order valence-electron chi connectivity index (χ4n) is 2.64. The zero-order chi connectivity index (χ0) is 16.6.